The van der Waals surface area contributed by atoms with Gasteiger partial charge in [-0.1, -0.05) is 42.3 Å². The maximum atomic E-state index is 13.5. The summed E-state index contributed by atoms with van der Waals surface area (Å²) in [6, 6.07) is 5.42. The highest BCUT2D eigenvalue weighted by Crippen LogP contribution is 2.39. The lowest BCUT2D eigenvalue weighted by Crippen LogP contribution is -2.46. The fourth-order valence-electron chi connectivity index (χ4n) is 3.75. The molecular weight excluding hydrogens is 398 g/mol. The van der Waals surface area contributed by atoms with Gasteiger partial charge in [-0.15, -0.1) is 10.2 Å². The third kappa shape index (κ3) is 3.67. The van der Waals surface area contributed by atoms with Gasteiger partial charge in [0.15, 0.2) is 0 Å². The summed E-state index contributed by atoms with van der Waals surface area (Å²) >= 11 is 7.84. The summed E-state index contributed by atoms with van der Waals surface area (Å²) < 4.78 is 7.12. The Balaban J connectivity index is 1.68. The van der Waals surface area contributed by atoms with Gasteiger partial charge in [-0.3, -0.25) is 4.79 Å². The Kier molecular flexibility index (Phi) is 5.68. The van der Waals surface area contributed by atoms with Crippen LogP contribution in [0.4, 0.5) is 0 Å². The second-order valence-electron chi connectivity index (χ2n) is 7.14. The van der Waals surface area contributed by atoms with E-state index in [1.165, 1.54) is 24.6 Å². The molecule has 1 saturated heterocycles. The van der Waals surface area contributed by atoms with E-state index in [-0.39, 0.29) is 17.2 Å². The van der Waals surface area contributed by atoms with Crippen molar-refractivity contribution >= 4 is 29.3 Å². The molecule has 0 aliphatic carbocycles. The molecule has 2 aliphatic heterocycles. The summed E-state index contributed by atoms with van der Waals surface area (Å²) in [6.07, 6.45) is 4.49. The second kappa shape index (κ2) is 8.21. The number of aryl methyl sites for hydroxylation is 1. The van der Waals surface area contributed by atoms with Crippen LogP contribution in [0.5, 0.6) is 5.75 Å². The van der Waals surface area contributed by atoms with Crippen molar-refractivity contribution in [1.29, 1.82) is 0 Å². The number of rotatable bonds is 3. The van der Waals surface area contributed by atoms with Crippen LogP contribution in [0.15, 0.2) is 23.4 Å². The lowest BCUT2D eigenvalue weighted by atomic mass is 10.0. The van der Waals surface area contributed by atoms with Gasteiger partial charge in [-0.25, -0.2) is 4.68 Å². The third-order valence-electron chi connectivity index (χ3n) is 5.29. The Morgan fingerprint density at radius 2 is 2.00 bits per heavy atom. The van der Waals surface area contributed by atoms with Crippen LogP contribution in [0.1, 0.15) is 43.1 Å². The zero-order valence-electron chi connectivity index (χ0n) is 16.0. The molecule has 1 fully saturated rings. The van der Waals surface area contributed by atoms with Crippen molar-refractivity contribution in [2.45, 2.75) is 49.1 Å². The molecule has 1 aromatic heterocycles. The Bertz CT molecular complexity index is 866. The van der Waals surface area contributed by atoms with Crippen molar-refractivity contribution in [2.24, 2.45) is 0 Å². The lowest BCUT2D eigenvalue weighted by Gasteiger charge is -2.35. The summed E-state index contributed by atoms with van der Waals surface area (Å²) in [5.41, 5.74) is 4.37. The molecule has 0 saturated carbocycles. The van der Waals surface area contributed by atoms with Crippen molar-refractivity contribution in [3.05, 3.63) is 34.6 Å². The van der Waals surface area contributed by atoms with Gasteiger partial charge < -0.3 is 15.1 Å². The number of hydrogen-bond donors (Lipinski definition) is 1. The third-order valence-corrected chi connectivity index (χ3v) is 6.79. The summed E-state index contributed by atoms with van der Waals surface area (Å²) in [4.78, 5) is 15.5. The van der Waals surface area contributed by atoms with E-state index in [1.54, 1.807) is 7.11 Å². The topological polar surface area (TPSA) is 72.3 Å². The molecule has 1 aromatic carbocycles. The first-order chi connectivity index (χ1) is 13.6. The summed E-state index contributed by atoms with van der Waals surface area (Å²) in [6.45, 7) is 3.52. The monoisotopic (exact) mass is 421 g/mol. The normalized spacial score (nSPS) is 22.2. The predicted octanol–water partition coefficient (Wildman–Crippen LogP) is 3.41. The predicted molar refractivity (Wildman–Crippen MR) is 110 cm³/mol. The van der Waals surface area contributed by atoms with Crippen molar-refractivity contribution in [1.82, 2.24) is 19.8 Å². The molecule has 3 heterocycles. The molecule has 2 unspecified atom stereocenters. The van der Waals surface area contributed by atoms with Crippen molar-refractivity contribution in [3.8, 4) is 5.75 Å². The number of thioether (sulfide) groups is 1. The molecule has 150 valence electrons. The van der Waals surface area contributed by atoms with E-state index in [4.69, 9.17) is 16.3 Å². The van der Waals surface area contributed by atoms with E-state index in [2.05, 4.69) is 15.6 Å². The number of carbonyl (C=O) groups excluding carboxylic acids is 1. The number of amides is 1. The average molecular weight is 422 g/mol. The van der Waals surface area contributed by atoms with E-state index >= 15 is 0 Å². The number of hydrogen-bond acceptors (Lipinski definition) is 6. The number of benzene rings is 1. The molecule has 0 radical (unpaired) electrons. The molecule has 4 rings (SSSR count). The largest absolute Gasteiger partial charge is 0.495 e. The Morgan fingerprint density at radius 1 is 1.25 bits per heavy atom. The van der Waals surface area contributed by atoms with E-state index in [0.29, 0.717) is 15.9 Å². The van der Waals surface area contributed by atoms with E-state index in [0.717, 1.165) is 37.3 Å². The maximum Gasteiger partial charge on any atom is 0.238 e. The van der Waals surface area contributed by atoms with Crippen LogP contribution in [0.3, 0.4) is 0 Å². The van der Waals surface area contributed by atoms with Gasteiger partial charge in [0.1, 0.15) is 16.8 Å². The van der Waals surface area contributed by atoms with Gasteiger partial charge in [0.2, 0.25) is 11.1 Å². The molecule has 2 aromatic rings. The van der Waals surface area contributed by atoms with Gasteiger partial charge in [0, 0.05) is 13.1 Å². The molecule has 2 aliphatic rings. The molecule has 2 atom stereocenters. The van der Waals surface area contributed by atoms with Crippen molar-refractivity contribution < 1.29 is 9.53 Å². The number of aromatic nitrogens is 3. The summed E-state index contributed by atoms with van der Waals surface area (Å²) in [5, 5.41) is 9.28. The zero-order chi connectivity index (χ0) is 19.7. The lowest BCUT2D eigenvalue weighted by molar-refractivity contribution is -0.131. The summed E-state index contributed by atoms with van der Waals surface area (Å²) in [7, 11) is 1.59. The van der Waals surface area contributed by atoms with Crippen LogP contribution in [-0.4, -0.2) is 51.1 Å². The molecule has 1 amide bonds. The van der Waals surface area contributed by atoms with Gasteiger partial charge in [0.25, 0.3) is 0 Å². The molecule has 9 heteroatoms. The molecular formula is C19H24ClN5O2S. The maximum absolute atomic E-state index is 13.5. The van der Waals surface area contributed by atoms with Gasteiger partial charge >= 0.3 is 0 Å². The van der Waals surface area contributed by atoms with Crippen LogP contribution in [0.25, 0.3) is 0 Å². The quantitative estimate of drug-likeness (QED) is 0.818. The fraction of sp³-hybridized carbons (Fsp3) is 0.526. The first kappa shape index (κ1) is 19.4. The fourth-order valence-corrected chi connectivity index (χ4v) is 5.22. The van der Waals surface area contributed by atoms with E-state index in [1.807, 2.05) is 34.7 Å². The molecule has 0 bridgehead atoms. The Morgan fingerprint density at radius 3 is 2.68 bits per heavy atom. The number of ether oxygens (including phenoxy) is 1. The van der Waals surface area contributed by atoms with Crippen LogP contribution in [-0.2, 0) is 4.79 Å². The molecule has 0 spiro atoms. The first-order valence-corrected chi connectivity index (χ1v) is 10.8. The minimum atomic E-state index is -0.335. The average Bonchev–Trinajstić information content (AvgIpc) is 2.90. The van der Waals surface area contributed by atoms with Crippen LogP contribution in [0.2, 0.25) is 5.02 Å². The van der Waals surface area contributed by atoms with Crippen molar-refractivity contribution in [2.75, 3.05) is 25.6 Å². The Hall–Kier alpha value is -1.93. The van der Waals surface area contributed by atoms with Gasteiger partial charge in [-0.2, -0.15) is 0 Å². The van der Waals surface area contributed by atoms with Crippen LogP contribution < -0.4 is 10.2 Å². The molecule has 28 heavy (non-hydrogen) atoms. The number of nitrogens with one attached hydrogen (secondary N) is 1. The van der Waals surface area contributed by atoms with Gasteiger partial charge in [-0.05, 0) is 37.5 Å². The second-order valence-corrected chi connectivity index (χ2v) is 8.66. The van der Waals surface area contributed by atoms with E-state index < -0.39 is 0 Å². The smallest absolute Gasteiger partial charge is 0.238 e. The Labute approximate surface area is 173 Å². The number of fused-ring (bicyclic) bond motifs is 1. The number of nitrogens with zero attached hydrogens (tertiary/aromatic N) is 4. The molecule has 1 N–H and O–H groups in total. The van der Waals surface area contributed by atoms with Crippen molar-refractivity contribution in [3.63, 3.8) is 0 Å². The number of likely N-dealkylation sites (tertiary alicyclic amines) is 1. The highest BCUT2D eigenvalue weighted by atomic mass is 35.5. The van der Waals surface area contributed by atoms with Gasteiger partial charge in [0.05, 0.1) is 18.2 Å². The van der Waals surface area contributed by atoms with Crippen LogP contribution in [0, 0.1) is 6.92 Å². The standard InChI is InChI=1S/C19H24ClN5O2S/c1-12-21-22-19-25(12)23-16(13-7-8-15(27-2)14(20)11-13)17(28-19)18(26)24-9-5-3-4-6-10-24/h7-8,11,16-17,23H,3-6,9-10H2,1-2H3. The SMILES string of the molecule is COc1ccc(C2Nn3c(C)nnc3SC2C(=O)N2CCCCCC2)cc1Cl. The zero-order valence-corrected chi connectivity index (χ0v) is 17.6. The highest BCUT2D eigenvalue weighted by Gasteiger charge is 2.39. The number of halogens is 1. The first-order valence-electron chi connectivity index (χ1n) is 9.56. The summed E-state index contributed by atoms with van der Waals surface area (Å²) in [5.74, 6) is 1.52. The molecule has 7 nitrogen and oxygen atoms in total. The van der Waals surface area contributed by atoms with Crippen LogP contribution >= 0.6 is 23.4 Å². The highest BCUT2D eigenvalue weighted by molar-refractivity contribution is 8.00. The number of carbonyl (C=O) groups is 1. The minimum Gasteiger partial charge on any atom is -0.495 e. The van der Waals surface area contributed by atoms with E-state index in [9.17, 15) is 4.79 Å². The number of methoxy groups -OCH3 is 1. The minimum absolute atomic E-state index is 0.142.